The fourth-order valence-corrected chi connectivity index (χ4v) is 11.0. The second kappa shape index (κ2) is 12.3. The molecule has 4 nitrogen and oxygen atoms in total. The second-order valence-corrected chi connectivity index (χ2v) is 16.8. The minimum atomic E-state index is -3.20. The molecule has 0 amide bonds. The normalized spacial score (nSPS) is 12.4. The first kappa shape index (κ1) is 31.6. The highest BCUT2D eigenvalue weighted by Gasteiger charge is 2.31. The van der Waals surface area contributed by atoms with Gasteiger partial charge in [-0.3, -0.25) is 0 Å². The fraction of sp³-hybridized carbons (Fsp3) is 0. The van der Waals surface area contributed by atoms with Gasteiger partial charge in [0.1, 0.15) is 0 Å². The number of hydrogen-bond acceptors (Lipinski definition) is 3. The third-order valence-corrected chi connectivity index (χ3v) is 14.0. The minimum Gasteiger partial charge on any atom is -0.449 e. The number of rotatable bonds is 5. The summed E-state index contributed by atoms with van der Waals surface area (Å²) in [4.78, 5) is 0. The number of nitrogens with zero attached hydrogens (tertiary/aromatic N) is 1. The van der Waals surface area contributed by atoms with Gasteiger partial charge in [-0.1, -0.05) is 140 Å². The van der Waals surface area contributed by atoms with Gasteiger partial charge in [0.2, 0.25) is 0 Å². The number of hydrogen-bond donors (Lipinski definition) is 0. The third-order valence-electron chi connectivity index (χ3n) is 10.9. The molecule has 5 heteroatoms. The SMILES string of the molecule is O=P(c1ccccc1)(c1ccccc1)c1ccc2c(c1)c1cc(-c3ccc4c(c3)Oc3c(c5ccccc5c5ccccc35)O4)ccc1n2-c1ccccc1. The van der Waals surface area contributed by atoms with Gasteiger partial charge in [0.25, 0.3) is 0 Å². The zero-order chi connectivity index (χ0) is 36.5. The van der Waals surface area contributed by atoms with Crippen molar-refractivity contribution in [1.29, 1.82) is 0 Å². The second-order valence-electron chi connectivity index (χ2n) is 14.0. The van der Waals surface area contributed by atoms with Gasteiger partial charge in [-0.15, -0.1) is 0 Å². The van der Waals surface area contributed by atoms with Gasteiger partial charge in [-0.2, -0.15) is 0 Å². The standard InChI is InChI=1S/C50H32NO3P/c52-55(36-16-6-2-7-17-36,37-18-8-3-9-19-37)38-26-28-46-44(32-38)43-30-33(24-27-45(43)51(46)35-14-4-1-5-15-35)34-25-29-47-48(31-34)54-50-42-23-13-11-21-40(42)39-20-10-12-22-41(39)49(50)53-47/h1-32H. The molecule has 1 aliphatic heterocycles. The smallest absolute Gasteiger partial charge is 0.178 e. The monoisotopic (exact) mass is 725 g/mol. The van der Waals surface area contributed by atoms with Crippen molar-refractivity contribution in [2.75, 3.05) is 0 Å². The van der Waals surface area contributed by atoms with E-state index in [2.05, 4.69) is 108 Å². The van der Waals surface area contributed by atoms with Gasteiger partial charge in [0, 0.05) is 43.1 Å². The van der Waals surface area contributed by atoms with Crippen molar-refractivity contribution in [3.05, 3.63) is 194 Å². The molecule has 10 aromatic rings. The summed E-state index contributed by atoms with van der Waals surface area (Å²) in [5, 5.41) is 8.83. The van der Waals surface area contributed by atoms with E-state index in [9.17, 15) is 0 Å². The lowest BCUT2D eigenvalue weighted by atomic mass is 9.99. The molecule has 260 valence electrons. The third kappa shape index (κ3) is 4.89. The molecule has 0 unspecified atom stereocenters. The van der Waals surface area contributed by atoms with E-state index in [1.165, 1.54) is 0 Å². The summed E-state index contributed by atoms with van der Waals surface area (Å²) >= 11 is 0. The highest BCUT2D eigenvalue weighted by Crippen LogP contribution is 2.53. The molecule has 1 aliphatic rings. The minimum absolute atomic E-state index is 0.672. The zero-order valence-corrected chi connectivity index (χ0v) is 30.5. The summed E-state index contributed by atoms with van der Waals surface area (Å²) in [6.07, 6.45) is 0. The van der Waals surface area contributed by atoms with Gasteiger partial charge in [-0.25, -0.2) is 0 Å². The van der Waals surface area contributed by atoms with Crippen LogP contribution in [0.3, 0.4) is 0 Å². The average molecular weight is 726 g/mol. The van der Waals surface area contributed by atoms with E-state index < -0.39 is 7.14 Å². The number of benzene rings is 9. The van der Waals surface area contributed by atoms with Crippen molar-refractivity contribution < 1.29 is 14.0 Å². The molecule has 0 radical (unpaired) electrons. The summed E-state index contributed by atoms with van der Waals surface area (Å²) in [6.45, 7) is 0. The Morgan fingerprint density at radius 3 is 1.45 bits per heavy atom. The Morgan fingerprint density at radius 2 is 0.836 bits per heavy atom. The Labute approximate surface area is 317 Å². The van der Waals surface area contributed by atoms with Crippen LogP contribution < -0.4 is 25.4 Å². The summed E-state index contributed by atoms with van der Waals surface area (Å²) in [5.74, 6) is 2.82. The molecule has 55 heavy (non-hydrogen) atoms. The first-order chi connectivity index (χ1) is 27.1. The van der Waals surface area contributed by atoms with Gasteiger partial charge in [0.15, 0.2) is 30.1 Å². The molecule has 0 aliphatic carbocycles. The van der Waals surface area contributed by atoms with E-state index in [1.54, 1.807) is 0 Å². The van der Waals surface area contributed by atoms with Crippen molar-refractivity contribution in [1.82, 2.24) is 4.57 Å². The van der Waals surface area contributed by atoms with E-state index in [1.807, 2.05) is 91.0 Å². The Balaban J connectivity index is 1.09. The van der Waals surface area contributed by atoms with Crippen LogP contribution in [-0.4, -0.2) is 4.57 Å². The lowest BCUT2D eigenvalue weighted by molar-refractivity contribution is 0.367. The van der Waals surface area contributed by atoms with Crippen LogP contribution in [0.5, 0.6) is 23.0 Å². The molecule has 0 saturated carbocycles. The molecule has 0 spiro atoms. The van der Waals surface area contributed by atoms with Crippen molar-refractivity contribution in [2.45, 2.75) is 0 Å². The van der Waals surface area contributed by atoms with Crippen LogP contribution in [0.1, 0.15) is 0 Å². The molecule has 0 fully saturated rings. The van der Waals surface area contributed by atoms with Crippen LogP contribution in [0.4, 0.5) is 0 Å². The van der Waals surface area contributed by atoms with E-state index in [-0.39, 0.29) is 0 Å². The molecule has 0 N–H and O–H groups in total. The molecule has 2 heterocycles. The number of fused-ring (bicyclic) bond motifs is 10. The van der Waals surface area contributed by atoms with E-state index in [0.29, 0.717) is 11.5 Å². The number of aromatic nitrogens is 1. The zero-order valence-electron chi connectivity index (χ0n) is 29.6. The van der Waals surface area contributed by atoms with Gasteiger partial charge in [-0.05, 0) is 76.5 Å². The van der Waals surface area contributed by atoms with Gasteiger partial charge in [0.05, 0.1) is 11.0 Å². The van der Waals surface area contributed by atoms with Gasteiger partial charge < -0.3 is 18.6 Å². The van der Waals surface area contributed by atoms with Crippen LogP contribution in [-0.2, 0) is 4.57 Å². The summed E-state index contributed by atoms with van der Waals surface area (Å²) < 4.78 is 31.2. The van der Waals surface area contributed by atoms with Crippen LogP contribution in [0, 0.1) is 0 Å². The quantitative estimate of drug-likeness (QED) is 0.131. The molecule has 11 rings (SSSR count). The first-order valence-electron chi connectivity index (χ1n) is 18.4. The molecular weight excluding hydrogens is 694 g/mol. The molecular formula is C50H32NO3P. The summed E-state index contributed by atoms with van der Waals surface area (Å²) in [6, 6.07) is 65.9. The molecule has 9 aromatic carbocycles. The van der Waals surface area contributed by atoms with Crippen molar-refractivity contribution in [2.24, 2.45) is 0 Å². The van der Waals surface area contributed by atoms with Crippen LogP contribution in [0.2, 0.25) is 0 Å². The van der Waals surface area contributed by atoms with Crippen LogP contribution in [0.15, 0.2) is 194 Å². The van der Waals surface area contributed by atoms with Crippen molar-refractivity contribution in [3.8, 4) is 39.8 Å². The predicted molar refractivity (Wildman–Crippen MR) is 227 cm³/mol. The van der Waals surface area contributed by atoms with Gasteiger partial charge >= 0.3 is 0 Å². The highest BCUT2D eigenvalue weighted by molar-refractivity contribution is 7.85. The first-order valence-corrected chi connectivity index (χ1v) is 20.1. The predicted octanol–water partition coefficient (Wildman–Crippen LogP) is 12.3. The van der Waals surface area contributed by atoms with Crippen LogP contribution in [0.25, 0.3) is 60.2 Å². The largest absolute Gasteiger partial charge is 0.449 e. The summed E-state index contributed by atoms with van der Waals surface area (Å²) in [5.41, 5.74) is 5.23. The number of ether oxygens (including phenoxy) is 2. The lowest BCUT2D eigenvalue weighted by Gasteiger charge is -2.24. The molecule has 0 bridgehead atoms. The molecule has 0 saturated heterocycles. The molecule has 1 aromatic heterocycles. The van der Waals surface area contributed by atoms with Crippen molar-refractivity contribution >= 4 is 66.4 Å². The average Bonchev–Trinajstić information content (AvgIpc) is 3.59. The van der Waals surface area contributed by atoms with E-state index >= 15 is 4.57 Å². The van der Waals surface area contributed by atoms with E-state index in [4.69, 9.17) is 9.47 Å². The summed E-state index contributed by atoms with van der Waals surface area (Å²) in [7, 11) is -3.20. The van der Waals surface area contributed by atoms with E-state index in [0.717, 1.165) is 87.6 Å². The Kier molecular flexibility index (Phi) is 7.10. The topological polar surface area (TPSA) is 40.5 Å². The maximum atomic E-state index is 15.5. The van der Waals surface area contributed by atoms with Crippen LogP contribution >= 0.6 is 7.14 Å². The fourth-order valence-electron chi connectivity index (χ4n) is 8.32. The molecule has 0 atom stereocenters. The maximum Gasteiger partial charge on any atom is 0.178 e. The Morgan fingerprint density at radius 1 is 0.364 bits per heavy atom. The Bertz CT molecular complexity index is 3130. The van der Waals surface area contributed by atoms with Crippen molar-refractivity contribution in [3.63, 3.8) is 0 Å². The lowest BCUT2D eigenvalue weighted by Crippen LogP contribution is -2.24. The Hall–Kier alpha value is -6.87. The number of para-hydroxylation sites is 1. The highest BCUT2D eigenvalue weighted by atomic mass is 31.2. The maximum absolute atomic E-state index is 15.5.